The third-order valence-corrected chi connectivity index (χ3v) is 3.26. The zero-order chi connectivity index (χ0) is 14.4. The summed E-state index contributed by atoms with van der Waals surface area (Å²) >= 11 is 0. The van der Waals surface area contributed by atoms with Gasteiger partial charge in [-0.1, -0.05) is 0 Å². The Bertz CT molecular complexity index is 445. The molecule has 1 aliphatic rings. The summed E-state index contributed by atoms with van der Waals surface area (Å²) in [6.07, 6.45) is 0. The van der Waals surface area contributed by atoms with Gasteiger partial charge in [0.25, 0.3) is 0 Å². The van der Waals surface area contributed by atoms with Gasteiger partial charge in [-0.25, -0.2) is 0 Å². The van der Waals surface area contributed by atoms with E-state index in [1.54, 1.807) is 14.2 Å². The van der Waals surface area contributed by atoms with Crippen molar-refractivity contribution < 1.29 is 14.3 Å². The fourth-order valence-corrected chi connectivity index (χ4v) is 1.92. The molecular weight excluding hydrogens is 294 g/mol. The van der Waals surface area contributed by atoms with E-state index < -0.39 is 0 Å². The average molecular weight is 316 g/mol. The number of hydrogen-bond acceptors (Lipinski definition) is 5. The van der Waals surface area contributed by atoms with E-state index in [0.29, 0.717) is 13.1 Å². The van der Waals surface area contributed by atoms with Gasteiger partial charge in [-0.3, -0.25) is 4.79 Å². The molecule has 7 heteroatoms. The predicted molar refractivity (Wildman–Crippen MR) is 84.7 cm³/mol. The molecule has 6 nitrogen and oxygen atoms in total. The van der Waals surface area contributed by atoms with Gasteiger partial charge >= 0.3 is 0 Å². The third kappa shape index (κ3) is 4.99. The van der Waals surface area contributed by atoms with Crippen molar-refractivity contribution in [2.75, 3.05) is 45.7 Å². The number of anilines is 1. The van der Waals surface area contributed by atoms with Gasteiger partial charge < -0.3 is 25.4 Å². The largest absolute Gasteiger partial charge is 0.497 e. The Labute approximate surface area is 131 Å². The van der Waals surface area contributed by atoms with Gasteiger partial charge in [0.2, 0.25) is 5.91 Å². The second-order valence-corrected chi connectivity index (χ2v) is 4.67. The molecule has 0 aromatic heterocycles. The molecule has 1 aromatic rings. The van der Waals surface area contributed by atoms with Gasteiger partial charge in [0.05, 0.1) is 20.1 Å². The lowest BCUT2D eigenvalue weighted by molar-refractivity contribution is -0.126. The Kier molecular flexibility index (Phi) is 7.11. The van der Waals surface area contributed by atoms with E-state index in [1.165, 1.54) is 0 Å². The maximum atomic E-state index is 11.6. The van der Waals surface area contributed by atoms with Crippen LogP contribution in [0.15, 0.2) is 18.2 Å². The zero-order valence-electron chi connectivity index (χ0n) is 12.3. The zero-order valence-corrected chi connectivity index (χ0v) is 13.1. The van der Waals surface area contributed by atoms with E-state index in [0.717, 1.165) is 30.3 Å². The summed E-state index contributed by atoms with van der Waals surface area (Å²) in [7, 11) is 3.23. The van der Waals surface area contributed by atoms with Gasteiger partial charge in [-0.05, 0) is 0 Å². The molecule has 0 saturated carbocycles. The monoisotopic (exact) mass is 315 g/mol. The third-order valence-electron chi connectivity index (χ3n) is 3.26. The van der Waals surface area contributed by atoms with Crippen molar-refractivity contribution in [1.82, 2.24) is 10.6 Å². The van der Waals surface area contributed by atoms with Crippen LogP contribution >= 0.6 is 12.4 Å². The van der Waals surface area contributed by atoms with Crippen LogP contribution in [0.25, 0.3) is 0 Å². The van der Waals surface area contributed by atoms with Crippen LogP contribution in [0.2, 0.25) is 0 Å². The van der Waals surface area contributed by atoms with Gasteiger partial charge in [0.15, 0.2) is 0 Å². The van der Waals surface area contributed by atoms with Crippen LogP contribution in [0, 0.1) is 5.92 Å². The minimum atomic E-state index is 0. The maximum absolute atomic E-state index is 11.6. The molecule has 3 N–H and O–H groups in total. The molecule has 1 aromatic carbocycles. The van der Waals surface area contributed by atoms with Gasteiger partial charge in [0, 0.05) is 50.1 Å². The second kappa shape index (κ2) is 8.59. The number of ether oxygens (including phenoxy) is 2. The Morgan fingerprint density at radius 3 is 2.29 bits per heavy atom. The quantitative estimate of drug-likeness (QED) is 0.651. The Morgan fingerprint density at radius 1 is 1.19 bits per heavy atom. The first-order valence-corrected chi connectivity index (χ1v) is 6.68. The second-order valence-electron chi connectivity index (χ2n) is 4.67. The van der Waals surface area contributed by atoms with Crippen LogP contribution in [0.1, 0.15) is 0 Å². The summed E-state index contributed by atoms with van der Waals surface area (Å²) in [6.45, 7) is 2.82. The number of carbonyl (C=O) groups excluding carboxylic acids is 1. The molecule has 2 rings (SSSR count). The first-order valence-electron chi connectivity index (χ1n) is 6.68. The van der Waals surface area contributed by atoms with E-state index in [2.05, 4.69) is 16.0 Å². The minimum absolute atomic E-state index is 0. The highest BCUT2D eigenvalue weighted by Crippen LogP contribution is 2.25. The molecule has 1 saturated heterocycles. The number of methoxy groups -OCH3 is 2. The van der Waals surface area contributed by atoms with Crippen molar-refractivity contribution >= 4 is 24.0 Å². The standard InChI is InChI=1S/C14H21N3O3.ClH/c1-19-12-5-11(6-13(7-12)20-2)16-3-4-17-14(18)10-8-15-9-10;/h5-7,10,15-16H,3-4,8-9H2,1-2H3,(H,17,18);1H. The Morgan fingerprint density at radius 2 is 1.81 bits per heavy atom. The summed E-state index contributed by atoms with van der Waals surface area (Å²) in [5, 5.41) is 9.22. The molecular formula is C14H22ClN3O3. The molecule has 0 spiro atoms. The van der Waals surface area contributed by atoms with Crippen molar-refractivity contribution in [3.05, 3.63) is 18.2 Å². The SMILES string of the molecule is COc1cc(NCCNC(=O)C2CNC2)cc(OC)c1.Cl. The number of carbonyl (C=O) groups is 1. The Balaban J connectivity index is 0.00000220. The molecule has 21 heavy (non-hydrogen) atoms. The number of benzene rings is 1. The first-order chi connectivity index (χ1) is 9.72. The number of rotatable bonds is 7. The summed E-state index contributed by atoms with van der Waals surface area (Å²) in [5.74, 6) is 1.72. The molecule has 1 fully saturated rings. The van der Waals surface area contributed by atoms with Crippen LogP contribution < -0.4 is 25.4 Å². The highest BCUT2D eigenvalue weighted by atomic mass is 35.5. The van der Waals surface area contributed by atoms with Crippen LogP contribution in [-0.2, 0) is 4.79 Å². The molecule has 118 valence electrons. The lowest BCUT2D eigenvalue weighted by atomic mass is 10.0. The van der Waals surface area contributed by atoms with Crippen molar-refractivity contribution in [2.45, 2.75) is 0 Å². The number of nitrogens with one attached hydrogen (secondary N) is 3. The van der Waals surface area contributed by atoms with E-state index in [-0.39, 0.29) is 24.2 Å². The van der Waals surface area contributed by atoms with Crippen molar-refractivity contribution in [3.63, 3.8) is 0 Å². The molecule has 1 amide bonds. The first kappa shape index (κ1) is 17.4. The van der Waals surface area contributed by atoms with Gasteiger partial charge in [-0.15, -0.1) is 12.4 Å². The smallest absolute Gasteiger partial charge is 0.225 e. The normalized spacial score (nSPS) is 13.6. The topological polar surface area (TPSA) is 71.6 Å². The fraction of sp³-hybridized carbons (Fsp3) is 0.500. The summed E-state index contributed by atoms with van der Waals surface area (Å²) in [4.78, 5) is 11.6. The maximum Gasteiger partial charge on any atom is 0.225 e. The minimum Gasteiger partial charge on any atom is -0.497 e. The average Bonchev–Trinajstić information content (AvgIpc) is 2.41. The van der Waals surface area contributed by atoms with E-state index in [9.17, 15) is 4.79 Å². The van der Waals surface area contributed by atoms with Crippen LogP contribution in [-0.4, -0.2) is 46.3 Å². The molecule has 1 aliphatic heterocycles. The van der Waals surface area contributed by atoms with Crippen molar-refractivity contribution in [2.24, 2.45) is 5.92 Å². The van der Waals surface area contributed by atoms with Gasteiger partial charge in [-0.2, -0.15) is 0 Å². The number of hydrogen-bond donors (Lipinski definition) is 3. The predicted octanol–water partition coefficient (Wildman–Crippen LogP) is 0.873. The number of halogens is 1. The molecule has 1 heterocycles. The highest BCUT2D eigenvalue weighted by molar-refractivity contribution is 5.85. The molecule has 0 atom stereocenters. The fourth-order valence-electron chi connectivity index (χ4n) is 1.92. The summed E-state index contributed by atoms with van der Waals surface area (Å²) in [5.41, 5.74) is 0.903. The summed E-state index contributed by atoms with van der Waals surface area (Å²) in [6, 6.07) is 5.59. The summed E-state index contributed by atoms with van der Waals surface area (Å²) < 4.78 is 10.4. The van der Waals surface area contributed by atoms with Crippen molar-refractivity contribution in [3.8, 4) is 11.5 Å². The lowest BCUT2D eigenvalue weighted by Crippen LogP contribution is -2.51. The molecule has 0 bridgehead atoms. The van der Waals surface area contributed by atoms with Crippen LogP contribution in [0.4, 0.5) is 5.69 Å². The number of amides is 1. The molecule has 0 aliphatic carbocycles. The van der Waals surface area contributed by atoms with Gasteiger partial charge in [0.1, 0.15) is 11.5 Å². The van der Waals surface area contributed by atoms with E-state index in [1.807, 2.05) is 18.2 Å². The van der Waals surface area contributed by atoms with E-state index >= 15 is 0 Å². The van der Waals surface area contributed by atoms with Crippen LogP contribution in [0.3, 0.4) is 0 Å². The Hall–Kier alpha value is -1.66. The van der Waals surface area contributed by atoms with Crippen LogP contribution in [0.5, 0.6) is 11.5 Å². The molecule has 0 unspecified atom stereocenters. The van der Waals surface area contributed by atoms with E-state index in [4.69, 9.17) is 9.47 Å². The van der Waals surface area contributed by atoms with Crippen molar-refractivity contribution in [1.29, 1.82) is 0 Å². The highest BCUT2D eigenvalue weighted by Gasteiger charge is 2.23. The molecule has 0 radical (unpaired) electrons. The lowest BCUT2D eigenvalue weighted by Gasteiger charge is -2.25.